The van der Waals surface area contributed by atoms with Gasteiger partial charge in [0.2, 0.25) is 0 Å². The highest BCUT2D eigenvalue weighted by Crippen LogP contribution is 2.26. The zero-order valence-corrected chi connectivity index (χ0v) is 18.0. The molecular formula is C24H41NO. The molecule has 0 N–H and O–H groups in total. The molecule has 2 rings (SSSR count). The third kappa shape index (κ3) is 6.70. The van der Waals surface area contributed by atoms with Crippen molar-refractivity contribution in [3.05, 3.63) is 35.4 Å². The zero-order valence-electron chi connectivity index (χ0n) is 18.0. The molecule has 26 heavy (non-hydrogen) atoms. The third-order valence-corrected chi connectivity index (χ3v) is 5.96. The van der Waals surface area contributed by atoms with Gasteiger partial charge >= 0.3 is 0 Å². The maximum atomic E-state index is 6.06. The average Bonchev–Trinajstić information content (AvgIpc) is 2.84. The first kappa shape index (κ1) is 21.4. The van der Waals surface area contributed by atoms with Crippen molar-refractivity contribution in [1.82, 2.24) is 4.90 Å². The van der Waals surface area contributed by atoms with Crippen molar-refractivity contribution in [3.63, 3.8) is 0 Å². The largest absolute Gasteiger partial charge is 0.376 e. The summed E-state index contributed by atoms with van der Waals surface area (Å²) in [5.41, 5.74) is 2.97. The lowest BCUT2D eigenvalue weighted by Gasteiger charge is -2.29. The second-order valence-electron chi connectivity index (χ2n) is 8.93. The van der Waals surface area contributed by atoms with Crippen molar-refractivity contribution in [3.8, 4) is 0 Å². The number of rotatable bonds is 8. The monoisotopic (exact) mass is 359 g/mol. The highest BCUT2D eigenvalue weighted by atomic mass is 16.5. The van der Waals surface area contributed by atoms with Crippen molar-refractivity contribution >= 4 is 0 Å². The van der Waals surface area contributed by atoms with Gasteiger partial charge in [0, 0.05) is 12.6 Å². The Bertz CT molecular complexity index is 525. The van der Waals surface area contributed by atoms with Gasteiger partial charge < -0.3 is 9.64 Å². The van der Waals surface area contributed by atoms with Crippen LogP contribution in [0, 0.1) is 0 Å². The normalized spacial score (nSPS) is 21.8. The minimum atomic E-state index is 0.353. The first-order valence-electron chi connectivity index (χ1n) is 10.9. The van der Waals surface area contributed by atoms with E-state index in [-0.39, 0.29) is 0 Å². The minimum Gasteiger partial charge on any atom is -0.376 e. The molecular weight excluding hydrogens is 318 g/mol. The molecule has 2 heteroatoms. The molecule has 0 aliphatic carbocycles. The highest BCUT2D eigenvalue weighted by molar-refractivity contribution is 5.28. The van der Waals surface area contributed by atoms with Crippen LogP contribution in [0.2, 0.25) is 0 Å². The molecule has 1 aromatic carbocycles. The van der Waals surface area contributed by atoms with Gasteiger partial charge in [-0.15, -0.1) is 0 Å². The molecule has 1 heterocycles. The van der Waals surface area contributed by atoms with E-state index in [0.717, 1.165) is 0 Å². The average molecular weight is 360 g/mol. The van der Waals surface area contributed by atoms with E-state index >= 15 is 0 Å². The Labute approximate surface area is 162 Å². The molecule has 0 radical (unpaired) electrons. The summed E-state index contributed by atoms with van der Waals surface area (Å²) in [5, 5.41) is 0. The molecule has 0 spiro atoms. The maximum Gasteiger partial charge on any atom is 0.0591 e. The Hall–Kier alpha value is -0.860. The van der Waals surface area contributed by atoms with E-state index in [0.29, 0.717) is 30.1 Å². The topological polar surface area (TPSA) is 12.5 Å². The Morgan fingerprint density at radius 1 is 0.962 bits per heavy atom. The highest BCUT2D eigenvalue weighted by Gasteiger charge is 2.22. The molecule has 2 nitrogen and oxygen atoms in total. The van der Waals surface area contributed by atoms with Gasteiger partial charge in [0.05, 0.1) is 12.2 Å². The van der Waals surface area contributed by atoms with Gasteiger partial charge in [-0.1, -0.05) is 45.0 Å². The zero-order chi connectivity index (χ0) is 19.1. The summed E-state index contributed by atoms with van der Waals surface area (Å²) in [5.74, 6) is 1.25. The lowest BCUT2D eigenvalue weighted by molar-refractivity contribution is -0.000180. The molecule has 148 valence electrons. The van der Waals surface area contributed by atoms with Gasteiger partial charge in [0.25, 0.3) is 0 Å². The third-order valence-electron chi connectivity index (χ3n) is 5.96. The number of ether oxygens (including phenoxy) is 1. The van der Waals surface area contributed by atoms with Gasteiger partial charge in [-0.3, -0.25) is 0 Å². The predicted molar refractivity (Wildman–Crippen MR) is 113 cm³/mol. The second kappa shape index (κ2) is 10.5. The Kier molecular flexibility index (Phi) is 8.63. The van der Waals surface area contributed by atoms with Crippen molar-refractivity contribution in [2.75, 3.05) is 13.1 Å². The minimum absolute atomic E-state index is 0.353. The number of hydrogen-bond donors (Lipinski definition) is 0. The summed E-state index contributed by atoms with van der Waals surface area (Å²) in [6, 6.07) is 9.88. The molecule has 0 amide bonds. The molecule has 1 aromatic rings. The Morgan fingerprint density at radius 2 is 1.69 bits per heavy atom. The van der Waals surface area contributed by atoms with Gasteiger partial charge in [-0.05, 0) is 82.4 Å². The van der Waals surface area contributed by atoms with Crippen LogP contribution in [0.3, 0.4) is 0 Å². The van der Waals surface area contributed by atoms with Crippen molar-refractivity contribution in [1.29, 1.82) is 0 Å². The van der Waals surface area contributed by atoms with Crippen LogP contribution in [-0.4, -0.2) is 36.2 Å². The van der Waals surface area contributed by atoms with Crippen molar-refractivity contribution in [2.45, 2.75) is 104 Å². The fourth-order valence-corrected chi connectivity index (χ4v) is 4.11. The van der Waals surface area contributed by atoms with Crippen LogP contribution in [0.4, 0.5) is 0 Å². The molecule has 3 atom stereocenters. The summed E-state index contributed by atoms with van der Waals surface area (Å²) in [7, 11) is 0. The summed E-state index contributed by atoms with van der Waals surface area (Å²) in [6.45, 7) is 16.1. The molecule has 1 aliphatic rings. The van der Waals surface area contributed by atoms with Gasteiger partial charge in [0.1, 0.15) is 0 Å². The SMILES string of the molecule is CC(C)OC1CCCN(C(C)CCC(C)c2cccc(C(C)C)c2)CC1. The van der Waals surface area contributed by atoms with E-state index in [2.05, 4.69) is 70.7 Å². The van der Waals surface area contributed by atoms with Crippen LogP contribution in [-0.2, 0) is 4.74 Å². The van der Waals surface area contributed by atoms with E-state index in [1.54, 1.807) is 0 Å². The number of nitrogens with zero attached hydrogens (tertiary/aromatic N) is 1. The molecule has 0 aromatic heterocycles. The Morgan fingerprint density at radius 3 is 2.38 bits per heavy atom. The fraction of sp³-hybridized carbons (Fsp3) is 0.750. The van der Waals surface area contributed by atoms with Crippen molar-refractivity contribution in [2.24, 2.45) is 0 Å². The standard InChI is InChI=1S/C24H41NO/c1-18(2)22-9-7-10-23(17-22)20(5)12-13-21(6)25-15-8-11-24(14-16-25)26-19(3)4/h7,9-10,17-21,24H,8,11-16H2,1-6H3. The lowest BCUT2D eigenvalue weighted by atomic mass is 9.91. The first-order valence-corrected chi connectivity index (χ1v) is 10.9. The number of likely N-dealkylation sites (tertiary alicyclic amines) is 1. The van der Waals surface area contributed by atoms with Gasteiger partial charge in [-0.2, -0.15) is 0 Å². The van der Waals surface area contributed by atoms with Crippen LogP contribution in [0.1, 0.15) is 96.6 Å². The van der Waals surface area contributed by atoms with Crippen LogP contribution in [0.5, 0.6) is 0 Å². The van der Waals surface area contributed by atoms with Gasteiger partial charge in [-0.25, -0.2) is 0 Å². The van der Waals surface area contributed by atoms with Crippen LogP contribution >= 0.6 is 0 Å². The summed E-state index contributed by atoms with van der Waals surface area (Å²) >= 11 is 0. The lowest BCUT2D eigenvalue weighted by Crippen LogP contribution is -2.34. The van der Waals surface area contributed by atoms with Crippen molar-refractivity contribution < 1.29 is 4.74 Å². The van der Waals surface area contributed by atoms with E-state index in [4.69, 9.17) is 4.74 Å². The van der Waals surface area contributed by atoms with Gasteiger partial charge in [0.15, 0.2) is 0 Å². The van der Waals surface area contributed by atoms with E-state index in [9.17, 15) is 0 Å². The fourth-order valence-electron chi connectivity index (χ4n) is 4.11. The van der Waals surface area contributed by atoms with E-state index < -0.39 is 0 Å². The Balaban J connectivity index is 1.82. The summed E-state index contributed by atoms with van der Waals surface area (Å²) in [6.07, 6.45) is 7.05. The smallest absolute Gasteiger partial charge is 0.0591 e. The molecule has 0 saturated carbocycles. The van der Waals surface area contributed by atoms with E-state index in [1.807, 2.05) is 0 Å². The van der Waals surface area contributed by atoms with Crippen LogP contribution < -0.4 is 0 Å². The van der Waals surface area contributed by atoms with E-state index in [1.165, 1.54) is 56.3 Å². The number of hydrogen-bond acceptors (Lipinski definition) is 2. The first-order chi connectivity index (χ1) is 12.4. The predicted octanol–water partition coefficient (Wildman–Crippen LogP) is 6.36. The van der Waals surface area contributed by atoms with Crippen LogP contribution in [0.25, 0.3) is 0 Å². The summed E-state index contributed by atoms with van der Waals surface area (Å²) in [4.78, 5) is 2.70. The molecule has 1 fully saturated rings. The molecule has 1 aliphatic heterocycles. The maximum absolute atomic E-state index is 6.06. The molecule has 3 unspecified atom stereocenters. The summed E-state index contributed by atoms with van der Waals surface area (Å²) < 4.78 is 6.06. The molecule has 0 bridgehead atoms. The number of benzene rings is 1. The second-order valence-corrected chi connectivity index (χ2v) is 8.93. The quantitative estimate of drug-likeness (QED) is 0.535. The molecule has 1 saturated heterocycles. The van der Waals surface area contributed by atoms with Crippen LogP contribution in [0.15, 0.2) is 24.3 Å².